The number of hydrogen-bond acceptors (Lipinski definition) is 5. The molecule has 0 saturated carbocycles. The van der Waals surface area contributed by atoms with Gasteiger partial charge in [-0.2, -0.15) is 0 Å². The molecule has 6 heteroatoms. The minimum atomic E-state index is 0.530. The zero-order valence-corrected chi connectivity index (χ0v) is 9.74. The minimum Gasteiger partial charge on any atom is -0.480 e. The number of aliphatic imine (C=N–C) groups is 1. The van der Waals surface area contributed by atoms with E-state index in [-0.39, 0.29) is 0 Å². The summed E-state index contributed by atoms with van der Waals surface area (Å²) in [6, 6.07) is 3.70. The molecule has 15 heavy (non-hydrogen) atoms. The fourth-order valence-corrected chi connectivity index (χ4v) is 1.57. The molecule has 1 aromatic rings. The average molecular weight is 272 g/mol. The standard InChI is InChI=1S/C9H10BrN3O2/c1-14-9-6(10)2-3-7(12-9)8-11-4-5-15-13-8/h2-3H,4-5H2,1H3,(H,11,13). The quantitative estimate of drug-likeness (QED) is 0.877. The SMILES string of the molecule is COc1nc(C2=NCCON2)ccc1Br. The summed E-state index contributed by atoms with van der Waals surface area (Å²) in [7, 11) is 1.57. The fraction of sp³-hybridized carbons (Fsp3) is 0.333. The molecule has 1 aromatic heterocycles. The van der Waals surface area contributed by atoms with Gasteiger partial charge < -0.3 is 4.74 Å². The molecule has 0 aliphatic carbocycles. The second-order valence-electron chi connectivity index (χ2n) is 2.87. The number of nitrogens with zero attached hydrogens (tertiary/aromatic N) is 2. The van der Waals surface area contributed by atoms with Crippen molar-refractivity contribution in [3.8, 4) is 5.88 Å². The Hall–Kier alpha value is -1.14. The molecule has 80 valence electrons. The zero-order chi connectivity index (χ0) is 10.7. The second-order valence-corrected chi connectivity index (χ2v) is 3.72. The van der Waals surface area contributed by atoms with Crippen molar-refractivity contribution in [3.05, 3.63) is 22.3 Å². The van der Waals surface area contributed by atoms with Gasteiger partial charge in [0.1, 0.15) is 5.69 Å². The monoisotopic (exact) mass is 271 g/mol. The number of aromatic nitrogens is 1. The molecule has 1 aliphatic heterocycles. The molecule has 0 saturated heterocycles. The van der Waals surface area contributed by atoms with Crippen LogP contribution in [0, 0.1) is 0 Å². The normalized spacial score (nSPS) is 15.5. The van der Waals surface area contributed by atoms with Gasteiger partial charge in [0.25, 0.3) is 0 Å². The number of nitrogens with one attached hydrogen (secondary N) is 1. The van der Waals surface area contributed by atoms with E-state index in [1.165, 1.54) is 0 Å². The van der Waals surface area contributed by atoms with Gasteiger partial charge in [0, 0.05) is 0 Å². The maximum Gasteiger partial charge on any atom is 0.228 e. The van der Waals surface area contributed by atoms with Crippen LogP contribution < -0.4 is 10.2 Å². The van der Waals surface area contributed by atoms with Crippen molar-refractivity contribution in [2.45, 2.75) is 0 Å². The third-order valence-electron chi connectivity index (χ3n) is 1.88. The minimum absolute atomic E-state index is 0.530. The molecule has 0 amide bonds. The van der Waals surface area contributed by atoms with Crippen LogP contribution in [0.4, 0.5) is 0 Å². The number of methoxy groups -OCH3 is 1. The van der Waals surface area contributed by atoms with Gasteiger partial charge in [-0.1, -0.05) is 0 Å². The Labute approximate surface area is 95.6 Å². The summed E-state index contributed by atoms with van der Waals surface area (Å²) in [5.74, 6) is 1.16. The van der Waals surface area contributed by atoms with E-state index in [9.17, 15) is 0 Å². The van der Waals surface area contributed by atoms with Crippen LogP contribution in [0.5, 0.6) is 5.88 Å². The van der Waals surface area contributed by atoms with Crippen molar-refractivity contribution >= 4 is 21.8 Å². The van der Waals surface area contributed by atoms with Gasteiger partial charge in [-0.15, -0.1) is 0 Å². The molecule has 2 rings (SSSR count). The Morgan fingerprint density at radius 3 is 3.07 bits per heavy atom. The van der Waals surface area contributed by atoms with E-state index in [4.69, 9.17) is 9.57 Å². The fourth-order valence-electron chi connectivity index (χ4n) is 1.19. The van der Waals surface area contributed by atoms with Gasteiger partial charge in [-0.3, -0.25) is 9.83 Å². The molecule has 5 nitrogen and oxygen atoms in total. The first-order valence-electron chi connectivity index (χ1n) is 4.44. The number of pyridine rings is 1. The summed E-state index contributed by atoms with van der Waals surface area (Å²) in [5.41, 5.74) is 3.43. The Bertz CT molecular complexity index is 395. The molecule has 0 fully saturated rings. The lowest BCUT2D eigenvalue weighted by Gasteiger charge is -2.14. The predicted molar refractivity (Wildman–Crippen MR) is 59.0 cm³/mol. The van der Waals surface area contributed by atoms with Crippen LogP contribution in [-0.2, 0) is 4.84 Å². The number of amidine groups is 1. The van der Waals surface area contributed by atoms with Gasteiger partial charge in [0.2, 0.25) is 5.88 Å². The number of ether oxygens (including phenoxy) is 1. The maximum atomic E-state index is 5.09. The van der Waals surface area contributed by atoms with Gasteiger partial charge in [-0.25, -0.2) is 10.5 Å². The van der Waals surface area contributed by atoms with Crippen LogP contribution >= 0.6 is 15.9 Å². The molecular formula is C9H10BrN3O2. The molecule has 1 aliphatic rings. The Morgan fingerprint density at radius 1 is 1.53 bits per heavy atom. The molecule has 0 aromatic carbocycles. The summed E-state index contributed by atoms with van der Waals surface area (Å²) in [5, 5.41) is 0. The van der Waals surface area contributed by atoms with Crippen LogP contribution in [0.2, 0.25) is 0 Å². The number of rotatable bonds is 2. The average Bonchev–Trinajstić information content (AvgIpc) is 2.31. The summed E-state index contributed by atoms with van der Waals surface area (Å²) in [4.78, 5) is 13.6. The zero-order valence-electron chi connectivity index (χ0n) is 8.16. The molecule has 0 unspecified atom stereocenters. The number of hydrogen-bond donors (Lipinski definition) is 1. The third-order valence-corrected chi connectivity index (χ3v) is 2.49. The van der Waals surface area contributed by atoms with Crippen LogP contribution in [0.15, 0.2) is 21.6 Å². The molecule has 0 bridgehead atoms. The Kier molecular flexibility index (Phi) is 3.17. The summed E-state index contributed by atoms with van der Waals surface area (Å²) in [6.45, 7) is 1.22. The third kappa shape index (κ3) is 2.27. The second kappa shape index (κ2) is 4.59. The van der Waals surface area contributed by atoms with Crippen LogP contribution in [0.1, 0.15) is 5.69 Å². The first kappa shape index (κ1) is 10.4. The van der Waals surface area contributed by atoms with E-state index in [1.54, 1.807) is 7.11 Å². The summed E-state index contributed by atoms with van der Waals surface area (Å²) >= 11 is 3.34. The van der Waals surface area contributed by atoms with Crippen molar-refractivity contribution in [1.29, 1.82) is 0 Å². The first-order chi connectivity index (χ1) is 7.31. The highest BCUT2D eigenvalue weighted by molar-refractivity contribution is 9.10. The highest BCUT2D eigenvalue weighted by Crippen LogP contribution is 2.22. The number of hydroxylamine groups is 1. The highest BCUT2D eigenvalue weighted by atomic mass is 79.9. The van der Waals surface area contributed by atoms with E-state index >= 15 is 0 Å². The van der Waals surface area contributed by atoms with Crippen molar-refractivity contribution in [1.82, 2.24) is 10.5 Å². The van der Waals surface area contributed by atoms with Crippen LogP contribution in [0.3, 0.4) is 0 Å². The lowest BCUT2D eigenvalue weighted by atomic mass is 10.3. The Balaban J connectivity index is 2.32. The van der Waals surface area contributed by atoms with E-state index in [2.05, 4.69) is 31.4 Å². The Morgan fingerprint density at radius 2 is 2.40 bits per heavy atom. The van der Waals surface area contributed by atoms with Gasteiger partial charge in [0.05, 0.1) is 24.7 Å². The van der Waals surface area contributed by atoms with E-state index < -0.39 is 0 Å². The maximum absolute atomic E-state index is 5.09. The lowest BCUT2D eigenvalue weighted by Crippen LogP contribution is -2.31. The van der Waals surface area contributed by atoms with Gasteiger partial charge in [-0.05, 0) is 28.1 Å². The number of halogens is 1. The van der Waals surface area contributed by atoms with Gasteiger partial charge >= 0.3 is 0 Å². The molecule has 0 spiro atoms. The van der Waals surface area contributed by atoms with E-state index in [0.717, 1.165) is 4.47 Å². The van der Waals surface area contributed by atoms with Crippen LogP contribution in [-0.4, -0.2) is 31.1 Å². The summed E-state index contributed by atoms with van der Waals surface area (Å²) in [6.07, 6.45) is 0. The largest absolute Gasteiger partial charge is 0.480 e. The predicted octanol–water partition coefficient (Wildman–Crippen LogP) is 1.13. The van der Waals surface area contributed by atoms with E-state index in [0.29, 0.717) is 30.6 Å². The molecular weight excluding hydrogens is 262 g/mol. The summed E-state index contributed by atoms with van der Waals surface area (Å²) < 4.78 is 5.91. The van der Waals surface area contributed by atoms with Crippen LogP contribution in [0.25, 0.3) is 0 Å². The molecule has 0 atom stereocenters. The van der Waals surface area contributed by atoms with E-state index in [1.807, 2.05) is 12.1 Å². The molecule has 1 N–H and O–H groups in total. The molecule has 0 radical (unpaired) electrons. The highest BCUT2D eigenvalue weighted by Gasteiger charge is 2.11. The lowest BCUT2D eigenvalue weighted by molar-refractivity contribution is 0.0824. The van der Waals surface area contributed by atoms with Crippen molar-refractivity contribution < 1.29 is 9.57 Å². The topological polar surface area (TPSA) is 55.7 Å². The smallest absolute Gasteiger partial charge is 0.228 e. The molecule has 2 heterocycles. The van der Waals surface area contributed by atoms with Crippen molar-refractivity contribution in [3.63, 3.8) is 0 Å². The van der Waals surface area contributed by atoms with Gasteiger partial charge in [0.15, 0.2) is 5.84 Å². The van der Waals surface area contributed by atoms with Crippen molar-refractivity contribution in [2.75, 3.05) is 20.3 Å². The first-order valence-corrected chi connectivity index (χ1v) is 5.23. The van der Waals surface area contributed by atoms with Crippen molar-refractivity contribution in [2.24, 2.45) is 4.99 Å².